The van der Waals surface area contributed by atoms with Crippen molar-refractivity contribution in [3.8, 4) is 0 Å². The third-order valence-electron chi connectivity index (χ3n) is 4.35. The maximum atomic E-state index is 3.88. The second-order valence-corrected chi connectivity index (χ2v) is 5.96. The van der Waals surface area contributed by atoms with Crippen LogP contribution in [0.4, 0.5) is 0 Å². The molecule has 0 atom stereocenters. The number of fused-ring (bicyclic) bond motifs is 1. The summed E-state index contributed by atoms with van der Waals surface area (Å²) in [6.45, 7) is 8.25. The molecule has 0 N–H and O–H groups in total. The van der Waals surface area contributed by atoms with Gasteiger partial charge in [-0.15, -0.1) is 0 Å². The van der Waals surface area contributed by atoms with Gasteiger partial charge < -0.3 is 0 Å². The Kier molecular flexibility index (Phi) is 4.43. The average Bonchev–Trinajstić information content (AvgIpc) is 2.58. The molecule has 0 heteroatoms. The Morgan fingerprint density at radius 2 is 1.91 bits per heavy atom. The first-order valence-electron chi connectivity index (χ1n) is 8.07. The van der Waals surface area contributed by atoms with Gasteiger partial charge in [0.15, 0.2) is 0 Å². The van der Waals surface area contributed by atoms with Crippen molar-refractivity contribution < 1.29 is 0 Å². The average molecular weight is 298 g/mol. The highest BCUT2D eigenvalue weighted by Crippen LogP contribution is 2.36. The molecule has 0 heterocycles. The lowest BCUT2D eigenvalue weighted by molar-refractivity contribution is 1.25. The molecule has 114 valence electrons. The second-order valence-electron chi connectivity index (χ2n) is 5.96. The first-order chi connectivity index (χ1) is 11.2. The lowest BCUT2D eigenvalue weighted by Gasteiger charge is -2.19. The minimum Gasteiger partial charge on any atom is -0.0991 e. The van der Waals surface area contributed by atoms with Gasteiger partial charge in [-0.1, -0.05) is 79.4 Å². The van der Waals surface area contributed by atoms with E-state index in [0.717, 1.165) is 6.42 Å². The Morgan fingerprint density at radius 3 is 2.65 bits per heavy atom. The highest BCUT2D eigenvalue weighted by Gasteiger charge is 2.15. The van der Waals surface area contributed by atoms with Crippen molar-refractivity contribution in [2.24, 2.45) is 0 Å². The minimum atomic E-state index is 0.969. The first kappa shape index (κ1) is 15.3. The van der Waals surface area contributed by atoms with E-state index in [1.807, 2.05) is 6.08 Å². The van der Waals surface area contributed by atoms with Crippen molar-refractivity contribution >= 4 is 16.3 Å². The Bertz CT molecular complexity index is 870. The van der Waals surface area contributed by atoms with Crippen LogP contribution in [-0.4, -0.2) is 0 Å². The van der Waals surface area contributed by atoms with Crippen molar-refractivity contribution in [3.05, 3.63) is 102 Å². The van der Waals surface area contributed by atoms with Crippen molar-refractivity contribution in [2.75, 3.05) is 0 Å². The third kappa shape index (κ3) is 2.98. The predicted octanol–water partition coefficient (Wildman–Crippen LogP) is 6.55. The number of hydrogen-bond acceptors (Lipinski definition) is 0. The van der Waals surface area contributed by atoms with Gasteiger partial charge in [0.05, 0.1) is 0 Å². The highest BCUT2D eigenvalue weighted by molar-refractivity contribution is 6.00. The Hall–Kier alpha value is -2.60. The van der Waals surface area contributed by atoms with Gasteiger partial charge in [0.1, 0.15) is 0 Å². The lowest BCUT2D eigenvalue weighted by Crippen LogP contribution is -1.98. The van der Waals surface area contributed by atoms with Gasteiger partial charge in [0.2, 0.25) is 0 Å². The molecular weight excluding hydrogens is 276 g/mol. The quantitative estimate of drug-likeness (QED) is 0.564. The van der Waals surface area contributed by atoms with E-state index in [1.165, 1.54) is 38.6 Å². The summed E-state index contributed by atoms with van der Waals surface area (Å²) in [5, 5.41) is 2.60. The molecular formula is C23H22. The second kappa shape index (κ2) is 6.66. The fourth-order valence-electron chi connectivity index (χ4n) is 3.28. The van der Waals surface area contributed by atoms with Gasteiger partial charge in [-0.05, 0) is 58.9 Å². The van der Waals surface area contributed by atoms with Crippen LogP contribution >= 0.6 is 0 Å². The van der Waals surface area contributed by atoms with Crippen molar-refractivity contribution in [3.63, 3.8) is 0 Å². The molecule has 0 bridgehead atoms. The summed E-state index contributed by atoms with van der Waals surface area (Å²) in [6.07, 6.45) is 13.6. The Balaban J connectivity index is 2.37. The molecule has 0 unspecified atom stereocenters. The number of benzene rings is 2. The summed E-state index contributed by atoms with van der Waals surface area (Å²) in [5.41, 5.74) is 6.61. The molecule has 0 aliphatic heterocycles. The van der Waals surface area contributed by atoms with Gasteiger partial charge in [-0.3, -0.25) is 0 Å². The van der Waals surface area contributed by atoms with Crippen molar-refractivity contribution in [2.45, 2.75) is 20.3 Å². The van der Waals surface area contributed by atoms with Crippen LogP contribution < -0.4 is 0 Å². The summed E-state index contributed by atoms with van der Waals surface area (Å²) in [5.74, 6) is 0. The molecule has 2 aromatic carbocycles. The van der Waals surface area contributed by atoms with Crippen LogP contribution in [0.2, 0.25) is 0 Å². The number of hydrogen-bond donors (Lipinski definition) is 0. The van der Waals surface area contributed by atoms with Crippen LogP contribution in [0.1, 0.15) is 24.5 Å². The van der Waals surface area contributed by atoms with Gasteiger partial charge in [-0.2, -0.15) is 0 Å². The maximum absolute atomic E-state index is 3.88. The molecule has 0 nitrogen and oxygen atoms in total. The number of rotatable bonds is 3. The topological polar surface area (TPSA) is 0 Å². The van der Waals surface area contributed by atoms with E-state index < -0.39 is 0 Å². The molecule has 1 aliphatic rings. The molecule has 0 radical (unpaired) electrons. The molecule has 23 heavy (non-hydrogen) atoms. The first-order valence-corrected chi connectivity index (χ1v) is 8.07. The van der Waals surface area contributed by atoms with Crippen LogP contribution in [0.3, 0.4) is 0 Å². The van der Waals surface area contributed by atoms with E-state index in [9.17, 15) is 0 Å². The molecule has 0 saturated carbocycles. The SMILES string of the molecule is C=C/C=C(C)\C(=C1\C=CC=CC1)c1c(C)ccc2ccccc12. The summed E-state index contributed by atoms with van der Waals surface area (Å²) in [4.78, 5) is 0. The van der Waals surface area contributed by atoms with Crippen LogP contribution in [0.25, 0.3) is 16.3 Å². The van der Waals surface area contributed by atoms with Gasteiger partial charge in [0.25, 0.3) is 0 Å². The smallest absolute Gasteiger partial charge is 0.00706 e. The Labute approximate surface area is 138 Å². The summed E-state index contributed by atoms with van der Waals surface area (Å²) in [6, 6.07) is 13.1. The van der Waals surface area contributed by atoms with Crippen LogP contribution in [0, 0.1) is 6.92 Å². The molecule has 0 amide bonds. The Morgan fingerprint density at radius 1 is 1.09 bits per heavy atom. The molecule has 3 rings (SSSR count). The highest BCUT2D eigenvalue weighted by atomic mass is 14.2. The maximum Gasteiger partial charge on any atom is -0.00706 e. The zero-order valence-corrected chi connectivity index (χ0v) is 13.8. The molecule has 0 saturated heterocycles. The van der Waals surface area contributed by atoms with E-state index in [0.29, 0.717) is 0 Å². The molecule has 2 aromatic rings. The predicted molar refractivity (Wildman–Crippen MR) is 102 cm³/mol. The zero-order valence-electron chi connectivity index (χ0n) is 13.8. The summed E-state index contributed by atoms with van der Waals surface area (Å²) in [7, 11) is 0. The molecule has 0 spiro atoms. The fraction of sp³-hybridized carbons (Fsp3) is 0.130. The van der Waals surface area contributed by atoms with E-state index in [1.54, 1.807) is 0 Å². The third-order valence-corrected chi connectivity index (χ3v) is 4.35. The molecule has 0 aromatic heterocycles. The van der Waals surface area contributed by atoms with Gasteiger partial charge >= 0.3 is 0 Å². The van der Waals surface area contributed by atoms with E-state index in [-0.39, 0.29) is 0 Å². The molecule has 0 fully saturated rings. The van der Waals surface area contributed by atoms with Crippen LogP contribution in [-0.2, 0) is 0 Å². The van der Waals surface area contributed by atoms with Crippen molar-refractivity contribution in [1.29, 1.82) is 0 Å². The summed E-state index contributed by atoms with van der Waals surface area (Å²) >= 11 is 0. The van der Waals surface area contributed by atoms with E-state index >= 15 is 0 Å². The monoisotopic (exact) mass is 298 g/mol. The van der Waals surface area contributed by atoms with Crippen LogP contribution in [0.5, 0.6) is 0 Å². The van der Waals surface area contributed by atoms with Gasteiger partial charge in [0, 0.05) is 0 Å². The zero-order chi connectivity index (χ0) is 16.2. The molecule has 1 aliphatic carbocycles. The van der Waals surface area contributed by atoms with Crippen molar-refractivity contribution in [1.82, 2.24) is 0 Å². The van der Waals surface area contributed by atoms with Crippen LogP contribution in [0.15, 0.2) is 90.6 Å². The number of aryl methyl sites for hydroxylation is 1. The number of allylic oxidation sites excluding steroid dienone is 9. The normalized spacial score (nSPS) is 16.7. The van der Waals surface area contributed by atoms with Gasteiger partial charge in [-0.25, -0.2) is 0 Å². The standard InChI is InChI=1S/C23H22/c1-4-10-17(2)22(20-12-6-5-7-13-20)23-18(3)15-16-19-11-8-9-14-21(19)23/h4-12,14-16H,1,13H2,2-3H3/b17-10-,22-20+. The largest absolute Gasteiger partial charge is 0.0991 e. The van der Waals surface area contributed by atoms with E-state index in [2.05, 4.69) is 87.2 Å². The fourth-order valence-corrected chi connectivity index (χ4v) is 3.28. The minimum absolute atomic E-state index is 0.969. The van der Waals surface area contributed by atoms with E-state index in [4.69, 9.17) is 0 Å². The lowest BCUT2D eigenvalue weighted by atomic mass is 9.85. The summed E-state index contributed by atoms with van der Waals surface area (Å²) < 4.78 is 0.